The molecule has 1 aliphatic rings. The SMILES string of the molecule is O=C(Oc1ccc2cncnn12)N1CC=CC1. The number of fused-ring (bicyclic) bond motifs is 1. The summed E-state index contributed by atoms with van der Waals surface area (Å²) in [6.45, 7) is 1.19. The minimum absolute atomic E-state index is 0.367. The van der Waals surface area contributed by atoms with E-state index in [-0.39, 0.29) is 6.09 Å². The van der Waals surface area contributed by atoms with Crippen LogP contribution in [0.25, 0.3) is 5.52 Å². The Morgan fingerprint density at radius 2 is 2.12 bits per heavy atom. The van der Waals surface area contributed by atoms with Crippen LogP contribution in [-0.4, -0.2) is 38.7 Å². The molecule has 2 aromatic heterocycles. The fourth-order valence-corrected chi connectivity index (χ4v) is 1.70. The van der Waals surface area contributed by atoms with E-state index in [1.165, 1.54) is 10.8 Å². The number of hydrogen-bond acceptors (Lipinski definition) is 4. The third-order valence-electron chi connectivity index (χ3n) is 2.56. The zero-order chi connectivity index (χ0) is 11.7. The van der Waals surface area contributed by atoms with Gasteiger partial charge < -0.3 is 9.64 Å². The van der Waals surface area contributed by atoms with Crippen molar-refractivity contribution in [3.05, 3.63) is 36.8 Å². The molecule has 0 spiro atoms. The maximum atomic E-state index is 11.8. The Morgan fingerprint density at radius 1 is 1.29 bits per heavy atom. The summed E-state index contributed by atoms with van der Waals surface area (Å²) in [4.78, 5) is 17.3. The Morgan fingerprint density at radius 3 is 2.94 bits per heavy atom. The Hall–Kier alpha value is -2.37. The highest BCUT2D eigenvalue weighted by atomic mass is 16.6. The molecule has 1 amide bonds. The lowest BCUT2D eigenvalue weighted by molar-refractivity contribution is 0.162. The fraction of sp³-hybridized carbons (Fsp3) is 0.182. The van der Waals surface area contributed by atoms with Crippen molar-refractivity contribution in [1.82, 2.24) is 19.5 Å². The summed E-state index contributed by atoms with van der Waals surface area (Å²) in [6.07, 6.45) is 6.55. The maximum absolute atomic E-state index is 11.8. The Kier molecular flexibility index (Phi) is 2.25. The van der Waals surface area contributed by atoms with Crippen molar-refractivity contribution >= 4 is 11.6 Å². The van der Waals surface area contributed by atoms with E-state index in [0.717, 1.165) is 5.52 Å². The van der Waals surface area contributed by atoms with Gasteiger partial charge in [-0.25, -0.2) is 9.78 Å². The second kappa shape index (κ2) is 3.89. The van der Waals surface area contributed by atoms with E-state index in [1.807, 2.05) is 12.2 Å². The topological polar surface area (TPSA) is 59.7 Å². The first-order chi connectivity index (χ1) is 8.34. The van der Waals surface area contributed by atoms with Gasteiger partial charge in [-0.1, -0.05) is 12.2 Å². The molecule has 0 atom stereocenters. The average molecular weight is 230 g/mol. The molecular weight excluding hydrogens is 220 g/mol. The van der Waals surface area contributed by atoms with Gasteiger partial charge in [0, 0.05) is 19.2 Å². The Bertz CT molecular complexity index is 582. The maximum Gasteiger partial charge on any atom is 0.417 e. The first-order valence-electron chi connectivity index (χ1n) is 5.24. The van der Waals surface area contributed by atoms with Crippen LogP contribution in [0.15, 0.2) is 36.8 Å². The number of amides is 1. The monoisotopic (exact) mass is 230 g/mol. The summed E-state index contributed by atoms with van der Waals surface area (Å²) >= 11 is 0. The molecule has 0 aromatic carbocycles. The lowest BCUT2D eigenvalue weighted by Gasteiger charge is -2.14. The van der Waals surface area contributed by atoms with Crippen molar-refractivity contribution in [1.29, 1.82) is 0 Å². The summed E-state index contributed by atoms with van der Waals surface area (Å²) in [5.41, 5.74) is 0.787. The Labute approximate surface area is 97.1 Å². The second-order valence-corrected chi connectivity index (χ2v) is 3.66. The quantitative estimate of drug-likeness (QED) is 0.688. The van der Waals surface area contributed by atoms with Gasteiger partial charge in [0.15, 0.2) is 0 Å². The molecule has 0 unspecified atom stereocenters. The molecule has 0 radical (unpaired) electrons. The minimum atomic E-state index is -0.367. The van der Waals surface area contributed by atoms with E-state index in [2.05, 4.69) is 10.1 Å². The summed E-state index contributed by atoms with van der Waals surface area (Å²) < 4.78 is 6.81. The van der Waals surface area contributed by atoms with Crippen LogP contribution in [0, 0.1) is 0 Å². The molecule has 0 N–H and O–H groups in total. The van der Waals surface area contributed by atoms with E-state index in [1.54, 1.807) is 23.2 Å². The molecule has 3 heterocycles. The van der Waals surface area contributed by atoms with Gasteiger partial charge in [-0.05, 0) is 6.07 Å². The van der Waals surface area contributed by atoms with E-state index < -0.39 is 0 Å². The number of hydrogen-bond donors (Lipinski definition) is 0. The molecule has 0 aliphatic carbocycles. The normalized spacial score (nSPS) is 14.5. The standard InChI is InChI=1S/C11H10N4O2/c16-11(14-5-1-2-6-14)17-10-4-3-9-7-12-8-13-15(9)10/h1-4,7-8H,5-6H2. The number of rotatable bonds is 1. The predicted molar refractivity (Wildman–Crippen MR) is 59.7 cm³/mol. The molecule has 17 heavy (non-hydrogen) atoms. The van der Waals surface area contributed by atoms with E-state index >= 15 is 0 Å². The van der Waals surface area contributed by atoms with Crippen molar-refractivity contribution in [3.8, 4) is 5.88 Å². The largest absolute Gasteiger partial charge is 0.417 e. The first kappa shape index (κ1) is 9.83. The summed E-state index contributed by atoms with van der Waals surface area (Å²) in [7, 11) is 0. The number of carbonyl (C=O) groups excluding carboxylic acids is 1. The van der Waals surface area contributed by atoms with Gasteiger partial charge in [0.05, 0.1) is 11.7 Å². The molecule has 6 nitrogen and oxygen atoms in total. The van der Waals surface area contributed by atoms with Crippen molar-refractivity contribution in [2.75, 3.05) is 13.1 Å². The van der Waals surface area contributed by atoms with Crippen LogP contribution in [0.5, 0.6) is 5.88 Å². The third kappa shape index (κ3) is 1.73. The highest BCUT2D eigenvalue weighted by Crippen LogP contribution is 2.16. The Balaban J connectivity index is 1.82. The first-order valence-corrected chi connectivity index (χ1v) is 5.24. The van der Waals surface area contributed by atoms with Crippen LogP contribution in [0.4, 0.5) is 4.79 Å². The molecule has 2 aromatic rings. The van der Waals surface area contributed by atoms with Gasteiger partial charge in [0.25, 0.3) is 0 Å². The smallest absolute Gasteiger partial charge is 0.391 e. The second-order valence-electron chi connectivity index (χ2n) is 3.66. The molecule has 0 saturated heterocycles. The zero-order valence-electron chi connectivity index (χ0n) is 8.98. The zero-order valence-corrected chi connectivity index (χ0v) is 8.98. The third-order valence-corrected chi connectivity index (χ3v) is 2.56. The fourth-order valence-electron chi connectivity index (χ4n) is 1.70. The summed E-state index contributed by atoms with van der Waals surface area (Å²) in [5.74, 6) is 0.402. The molecule has 6 heteroatoms. The van der Waals surface area contributed by atoms with Crippen molar-refractivity contribution < 1.29 is 9.53 Å². The van der Waals surface area contributed by atoms with Crippen LogP contribution in [-0.2, 0) is 0 Å². The van der Waals surface area contributed by atoms with Crippen LogP contribution >= 0.6 is 0 Å². The van der Waals surface area contributed by atoms with Crippen LogP contribution in [0.2, 0.25) is 0 Å². The van der Waals surface area contributed by atoms with Gasteiger partial charge in [-0.2, -0.15) is 9.61 Å². The van der Waals surface area contributed by atoms with E-state index in [4.69, 9.17) is 4.74 Å². The lowest BCUT2D eigenvalue weighted by Crippen LogP contribution is -2.31. The van der Waals surface area contributed by atoms with Crippen molar-refractivity contribution in [3.63, 3.8) is 0 Å². The van der Waals surface area contributed by atoms with Crippen molar-refractivity contribution in [2.24, 2.45) is 0 Å². The number of ether oxygens (including phenoxy) is 1. The van der Waals surface area contributed by atoms with Crippen LogP contribution < -0.4 is 4.74 Å². The van der Waals surface area contributed by atoms with Crippen LogP contribution in [0.1, 0.15) is 0 Å². The van der Waals surface area contributed by atoms with E-state index in [9.17, 15) is 4.79 Å². The van der Waals surface area contributed by atoms with E-state index in [0.29, 0.717) is 19.0 Å². The number of nitrogens with zero attached hydrogens (tertiary/aromatic N) is 4. The summed E-state index contributed by atoms with van der Waals surface area (Å²) in [6, 6.07) is 3.50. The lowest BCUT2D eigenvalue weighted by atomic mass is 10.5. The van der Waals surface area contributed by atoms with Crippen molar-refractivity contribution in [2.45, 2.75) is 0 Å². The molecule has 0 bridgehead atoms. The van der Waals surface area contributed by atoms with Gasteiger partial charge >= 0.3 is 6.09 Å². The van der Waals surface area contributed by atoms with Crippen LogP contribution in [0.3, 0.4) is 0 Å². The molecule has 86 valence electrons. The average Bonchev–Trinajstić information content (AvgIpc) is 2.98. The number of aromatic nitrogens is 3. The van der Waals surface area contributed by atoms with Gasteiger partial charge in [-0.3, -0.25) is 0 Å². The molecule has 3 rings (SSSR count). The highest BCUT2D eigenvalue weighted by molar-refractivity contribution is 5.71. The molecule has 1 aliphatic heterocycles. The molecular formula is C11H10N4O2. The highest BCUT2D eigenvalue weighted by Gasteiger charge is 2.17. The molecule has 0 fully saturated rings. The predicted octanol–water partition coefficient (Wildman–Crippen LogP) is 1.10. The summed E-state index contributed by atoms with van der Waals surface area (Å²) in [5, 5.41) is 4.02. The number of carbonyl (C=O) groups is 1. The minimum Gasteiger partial charge on any atom is -0.391 e. The van der Waals surface area contributed by atoms with Gasteiger partial charge in [0.1, 0.15) is 6.33 Å². The van der Waals surface area contributed by atoms with Gasteiger partial charge in [-0.15, -0.1) is 0 Å². The molecule has 0 saturated carbocycles. The van der Waals surface area contributed by atoms with Gasteiger partial charge in [0.2, 0.25) is 5.88 Å².